The van der Waals surface area contributed by atoms with Crippen LogP contribution in [0.15, 0.2) is 23.3 Å². The lowest BCUT2D eigenvalue weighted by molar-refractivity contribution is 0.646. The number of nitrogens with zero attached hydrogens (tertiary/aromatic N) is 3. The van der Waals surface area contributed by atoms with Gasteiger partial charge in [-0.3, -0.25) is 4.99 Å². The van der Waals surface area contributed by atoms with E-state index in [1.54, 1.807) is 6.20 Å². The number of guanidine groups is 1. The van der Waals surface area contributed by atoms with Crippen molar-refractivity contribution in [3.05, 3.63) is 23.4 Å². The molecule has 7 heteroatoms. The van der Waals surface area contributed by atoms with Crippen molar-refractivity contribution in [2.24, 2.45) is 4.99 Å². The van der Waals surface area contributed by atoms with Crippen molar-refractivity contribution in [3.63, 3.8) is 0 Å². The molecule has 0 aromatic carbocycles. The Bertz CT molecular complexity index is 520. The van der Waals surface area contributed by atoms with Crippen LogP contribution in [0.3, 0.4) is 0 Å². The Balaban J connectivity index is 0.00000176. The first-order valence-corrected chi connectivity index (χ1v) is 8.07. The quantitative estimate of drug-likeness (QED) is 0.434. The van der Waals surface area contributed by atoms with Crippen molar-refractivity contribution in [1.82, 2.24) is 15.6 Å². The van der Waals surface area contributed by atoms with Crippen LogP contribution in [0.5, 0.6) is 0 Å². The molecule has 122 valence electrons. The van der Waals surface area contributed by atoms with Crippen LogP contribution < -0.4 is 15.5 Å². The predicted octanol–water partition coefficient (Wildman–Crippen LogP) is 2.65. The Hall–Kier alpha value is -0.760. The van der Waals surface area contributed by atoms with E-state index in [0.717, 1.165) is 42.9 Å². The summed E-state index contributed by atoms with van der Waals surface area (Å²) < 4.78 is 0. The minimum absolute atomic E-state index is 0. The van der Waals surface area contributed by atoms with Gasteiger partial charge in [-0.1, -0.05) is 11.6 Å². The average molecular weight is 436 g/mol. The van der Waals surface area contributed by atoms with E-state index in [-0.39, 0.29) is 24.0 Å². The first-order chi connectivity index (χ1) is 10.3. The smallest absolute Gasteiger partial charge is 0.191 e. The van der Waals surface area contributed by atoms with Crippen LogP contribution in [0.1, 0.15) is 26.2 Å². The maximum atomic E-state index is 6.22. The van der Waals surface area contributed by atoms with E-state index in [1.807, 2.05) is 12.1 Å². The fraction of sp³-hybridized carbons (Fsp3) is 0.600. The zero-order valence-corrected chi connectivity index (χ0v) is 15.8. The molecule has 1 unspecified atom stereocenters. The van der Waals surface area contributed by atoms with E-state index in [1.165, 1.54) is 12.8 Å². The summed E-state index contributed by atoms with van der Waals surface area (Å²) in [5, 5.41) is 7.72. The van der Waals surface area contributed by atoms with Crippen LogP contribution in [0.4, 0.5) is 5.82 Å². The molecule has 2 fully saturated rings. The highest BCUT2D eigenvalue weighted by Gasteiger charge is 2.27. The number of anilines is 1. The SMILES string of the molecule is CCN=C(NC1CC1)NC1CCN(c2ncccc2Cl)C1.I. The lowest BCUT2D eigenvalue weighted by Crippen LogP contribution is -2.45. The second kappa shape index (κ2) is 8.19. The van der Waals surface area contributed by atoms with Gasteiger partial charge in [0.25, 0.3) is 0 Å². The van der Waals surface area contributed by atoms with Gasteiger partial charge < -0.3 is 15.5 Å². The van der Waals surface area contributed by atoms with Gasteiger partial charge in [-0.15, -0.1) is 24.0 Å². The zero-order chi connectivity index (χ0) is 14.7. The van der Waals surface area contributed by atoms with Crippen LogP contribution in [-0.4, -0.2) is 42.7 Å². The molecule has 1 aliphatic carbocycles. The molecular formula is C15H23ClIN5. The highest BCUT2D eigenvalue weighted by atomic mass is 127. The maximum Gasteiger partial charge on any atom is 0.191 e. The van der Waals surface area contributed by atoms with Gasteiger partial charge in [0.05, 0.1) is 5.02 Å². The molecule has 2 aliphatic rings. The van der Waals surface area contributed by atoms with Gasteiger partial charge in [0.2, 0.25) is 0 Å². The molecule has 0 bridgehead atoms. The topological polar surface area (TPSA) is 52.6 Å². The summed E-state index contributed by atoms with van der Waals surface area (Å²) in [6.45, 7) is 4.73. The lowest BCUT2D eigenvalue weighted by atomic mass is 10.3. The van der Waals surface area contributed by atoms with Gasteiger partial charge in [0.1, 0.15) is 5.82 Å². The summed E-state index contributed by atoms with van der Waals surface area (Å²) >= 11 is 6.22. The van der Waals surface area contributed by atoms with Crippen LogP contribution in [-0.2, 0) is 0 Å². The molecule has 0 radical (unpaired) electrons. The lowest BCUT2D eigenvalue weighted by Gasteiger charge is -2.20. The van der Waals surface area contributed by atoms with Gasteiger partial charge >= 0.3 is 0 Å². The fourth-order valence-electron chi connectivity index (χ4n) is 2.59. The van der Waals surface area contributed by atoms with Gasteiger partial charge in [-0.2, -0.15) is 0 Å². The van der Waals surface area contributed by atoms with Crippen molar-refractivity contribution < 1.29 is 0 Å². The highest BCUT2D eigenvalue weighted by Crippen LogP contribution is 2.25. The van der Waals surface area contributed by atoms with Crippen molar-refractivity contribution in [3.8, 4) is 0 Å². The van der Waals surface area contributed by atoms with Gasteiger partial charge in [-0.05, 0) is 38.3 Å². The predicted molar refractivity (Wildman–Crippen MR) is 103 cm³/mol. The number of hydrogen-bond donors (Lipinski definition) is 2. The van der Waals surface area contributed by atoms with E-state index < -0.39 is 0 Å². The normalized spacial score (nSPS) is 21.5. The first-order valence-electron chi connectivity index (χ1n) is 7.69. The van der Waals surface area contributed by atoms with Crippen molar-refractivity contribution in [2.75, 3.05) is 24.5 Å². The Kier molecular flexibility index (Phi) is 6.55. The number of halogens is 2. The van der Waals surface area contributed by atoms with E-state index in [2.05, 4.69) is 32.4 Å². The third-order valence-electron chi connectivity index (χ3n) is 3.80. The molecule has 1 aromatic heterocycles. The largest absolute Gasteiger partial charge is 0.354 e. The second-order valence-corrected chi connectivity index (χ2v) is 6.03. The summed E-state index contributed by atoms with van der Waals surface area (Å²) in [6, 6.07) is 4.76. The molecule has 22 heavy (non-hydrogen) atoms. The molecule has 0 amide bonds. The molecule has 5 nitrogen and oxygen atoms in total. The van der Waals surface area contributed by atoms with E-state index in [0.29, 0.717) is 12.1 Å². The van der Waals surface area contributed by atoms with Gasteiger partial charge in [0.15, 0.2) is 5.96 Å². The third-order valence-corrected chi connectivity index (χ3v) is 4.10. The summed E-state index contributed by atoms with van der Waals surface area (Å²) in [5.41, 5.74) is 0. The molecule has 2 heterocycles. The number of pyridine rings is 1. The Morgan fingerprint density at radius 2 is 2.14 bits per heavy atom. The van der Waals surface area contributed by atoms with Crippen LogP contribution >= 0.6 is 35.6 Å². The summed E-state index contributed by atoms with van der Waals surface area (Å²) in [7, 11) is 0. The van der Waals surface area contributed by atoms with Gasteiger partial charge in [-0.25, -0.2) is 4.98 Å². The maximum absolute atomic E-state index is 6.22. The molecular weight excluding hydrogens is 413 g/mol. The van der Waals surface area contributed by atoms with Crippen LogP contribution in [0, 0.1) is 0 Å². The fourth-order valence-corrected chi connectivity index (χ4v) is 2.83. The van der Waals surface area contributed by atoms with Crippen molar-refractivity contribution >= 4 is 47.4 Å². The second-order valence-electron chi connectivity index (χ2n) is 5.63. The number of rotatable bonds is 4. The number of aliphatic imine (C=N–C) groups is 1. The number of hydrogen-bond acceptors (Lipinski definition) is 3. The standard InChI is InChI=1S/C15H22ClN5.HI/c1-2-17-15(19-11-5-6-11)20-12-7-9-21(10-12)14-13(16)4-3-8-18-14;/h3-4,8,11-12H,2,5-7,9-10H2,1H3,(H2,17,19,20);1H. The molecule has 2 N–H and O–H groups in total. The molecule has 0 spiro atoms. The zero-order valence-electron chi connectivity index (χ0n) is 12.8. The Morgan fingerprint density at radius 3 is 2.82 bits per heavy atom. The molecule has 3 rings (SSSR count). The molecule has 1 aromatic rings. The molecule has 1 aliphatic heterocycles. The average Bonchev–Trinajstić information content (AvgIpc) is 3.16. The first kappa shape index (κ1) is 17.6. The minimum Gasteiger partial charge on any atom is -0.354 e. The summed E-state index contributed by atoms with van der Waals surface area (Å²) in [6.07, 6.45) is 5.37. The molecule has 1 atom stereocenters. The summed E-state index contributed by atoms with van der Waals surface area (Å²) in [4.78, 5) is 11.1. The highest BCUT2D eigenvalue weighted by molar-refractivity contribution is 14.0. The minimum atomic E-state index is 0. The summed E-state index contributed by atoms with van der Waals surface area (Å²) in [5.74, 6) is 1.83. The van der Waals surface area contributed by atoms with Crippen LogP contribution in [0.2, 0.25) is 5.02 Å². The number of nitrogens with one attached hydrogen (secondary N) is 2. The number of aromatic nitrogens is 1. The van der Waals surface area contributed by atoms with Crippen molar-refractivity contribution in [2.45, 2.75) is 38.3 Å². The van der Waals surface area contributed by atoms with E-state index in [4.69, 9.17) is 11.6 Å². The van der Waals surface area contributed by atoms with Gasteiger partial charge in [0, 0.05) is 37.9 Å². The van der Waals surface area contributed by atoms with E-state index >= 15 is 0 Å². The van der Waals surface area contributed by atoms with Crippen LogP contribution in [0.25, 0.3) is 0 Å². The Labute approximate surface area is 153 Å². The monoisotopic (exact) mass is 435 g/mol. The third kappa shape index (κ3) is 4.62. The molecule has 1 saturated heterocycles. The van der Waals surface area contributed by atoms with Crippen molar-refractivity contribution in [1.29, 1.82) is 0 Å². The Morgan fingerprint density at radius 1 is 1.36 bits per heavy atom. The molecule has 1 saturated carbocycles. The van der Waals surface area contributed by atoms with E-state index in [9.17, 15) is 0 Å².